The minimum atomic E-state index is -3.48. The summed E-state index contributed by atoms with van der Waals surface area (Å²) in [5, 5.41) is 4.26. The van der Waals surface area contributed by atoms with Gasteiger partial charge in [-0.1, -0.05) is 42.5 Å². The lowest BCUT2D eigenvalue weighted by molar-refractivity contribution is -0.121. The highest BCUT2D eigenvalue weighted by Gasteiger charge is 2.29. The summed E-state index contributed by atoms with van der Waals surface area (Å²) in [5.74, 6) is -0.0796. The fourth-order valence-electron chi connectivity index (χ4n) is 3.43. The molecule has 3 rings (SSSR count). The van der Waals surface area contributed by atoms with Gasteiger partial charge in [0, 0.05) is 37.3 Å². The summed E-state index contributed by atoms with van der Waals surface area (Å²) in [4.78, 5) is 14.7. The van der Waals surface area contributed by atoms with E-state index in [4.69, 9.17) is 0 Å². The Kier molecular flexibility index (Phi) is 7.07. The van der Waals surface area contributed by atoms with Crippen LogP contribution < -0.4 is 5.32 Å². The molecule has 2 aromatic carbocycles. The second kappa shape index (κ2) is 9.55. The number of carbonyl (C=O) groups is 1. The molecule has 1 amide bonds. The van der Waals surface area contributed by atoms with Crippen LogP contribution in [0.3, 0.4) is 0 Å². The Morgan fingerprint density at radius 2 is 1.70 bits per heavy atom. The van der Waals surface area contributed by atoms with Crippen molar-refractivity contribution in [1.29, 1.82) is 0 Å². The van der Waals surface area contributed by atoms with Crippen molar-refractivity contribution in [1.82, 2.24) is 9.21 Å². The molecule has 1 atom stereocenters. The summed E-state index contributed by atoms with van der Waals surface area (Å²) in [6, 6.07) is 15.0. The minimum Gasteiger partial charge on any atom is -0.324 e. The first kappa shape index (κ1) is 22.2. The van der Waals surface area contributed by atoms with Gasteiger partial charge in [-0.15, -0.1) is 0 Å². The monoisotopic (exact) mass is 427 g/mol. The van der Waals surface area contributed by atoms with Crippen molar-refractivity contribution in [2.24, 2.45) is 0 Å². The van der Waals surface area contributed by atoms with Gasteiger partial charge in [-0.3, -0.25) is 9.69 Å². The van der Waals surface area contributed by atoms with Crippen molar-refractivity contribution in [3.63, 3.8) is 0 Å². The Morgan fingerprint density at radius 1 is 1.03 bits per heavy atom. The second-order valence-corrected chi connectivity index (χ2v) is 9.50. The molecule has 1 heterocycles. The SMILES string of the molecule is Cc1ccc(C)c(NC(=O)C(C)N2CCN(S(=O)(=O)/C=C/c3ccccc3)CC2)c1. The fraction of sp³-hybridized carbons (Fsp3) is 0.348. The van der Waals surface area contributed by atoms with Crippen molar-refractivity contribution in [2.75, 3.05) is 31.5 Å². The number of rotatable bonds is 6. The summed E-state index contributed by atoms with van der Waals surface area (Å²) in [7, 11) is -3.48. The molecule has 6 nitrogen and oxygen atoms in total. The van der Waals surface area contributed by atoms with Gasteiger partial charge in [-0.25, -0.2) is 8.42 Å². The summed E-state index contributed by atoms with van der Waals surface area (Å²) in [6.45, 7) is 7.57. The van der Waals surface area contributed by atoms with Crippen LogP contribution in [-0.2, 0) is 14.8 Å². The topological polar surface area (TPSA) is 69.7 Å². The number of hydrogen-bond donors (Lipinski definition) is 1. The number of nitrogens with one attached hydrogen (secondary N) is 1. The third-order valence-electron chi connectivity index (χ3n) is 5.44. The zero-order chi connectivity index (χ0) is 21.7. The molecule has 0 saturated carbocycles. The van der Waals surface area contributed by atoms with Gasteiger partial charge in [0.2, 0.25) is 15.9 Å². The summed E-state index contributed by atoms with van der Waals surface area (Å²) >= 11 is 0. The average molecular weight is 428 g/mol. The molecule has 2 aromatic rings. The number of sulfonamides is 1. The smallest absolute Gasteiger partial charge is 0.241 e. The molecule has 1 aliphatic heterocycles. The van der Waals surface area contributed by atoms with E-state index >= 15 is 0 Å². The summed E-state index contributed by atoms with van der Waals surface area (Å²) in [5.41, 5.74) is 3.77. The van der Waals surface area contributed by atoms with Gasteiger partial charge in [0.05, 0.1) is 6.04 Å². The van der Waals surface area contributed by atoms with Crippen LogP contribution in [0.25, 0.3) is 6.08 Å². The lowest BCUT2D eigenvalue weighted by atomic mass is 10.1. The molecule has 1 saturated heterocycles. The zero-order valence-electron chi connectivity index (χ0n) is 17.7. The Balaban J connectivity index is 1.57. The van der Waals surface area contributed by atoms with Crippen molar-refractivity contribution in [2.45, 2.75) is 26.8 Å². The Hall–Kier alpha value is -2.48. The number of nitrogens with zero attached hydrogens (tertiary/aromatic N) is 2. The van der Waals surface area contributed by atoms with E-state index in [0.717, 1.165) is 22.4 Å². The van der Waals surface area contributed by atoms with Gasteiger partial charge in [-0.2, -0.15) is 4.31 Å². The normalized spacial score (nSPS) is 17.2. The number of benzene rings is 2. The maximum absolute atomic E-state index is 12.7. The third kappa shape index (κ3) is 5.56. The van der Waals surface area contributed by atoms with E-state index in [1.165, 1.54) is 9.71 Å². The Bertz CT molecular complexity index is 1010. The van der Waals surface area contributed by atoms with E-state index in [1.807, 2.05) is 74.2 Å². The molecule has 30 heavy (non-hydrogen) atoms. The van der Waals surface area contributed by atoms with E-state index in [9.17, 15) is 13.2 Å². The van der Waals surface area contributed by atoms with Gasteiger partial charge in [-0.05, 0) is 49.6 Å². The second-order valence-electron chi connectivity index (χ2n) is 7.68. The number of anilines is 1. The van der Waals surface area contributed by atoms with E-state index in [-0.39, 0.29) is 11.9 Å². The maximum Gasteiger partial charge on any atom is 0.241 e. The molecular weight excluding hydrogens is 398 g/mol. The predicted octanol–water partition coefficient (Wildman–Crippen LogP) is 3.25. The van der Waals surface area contributed by atoms with Crippen molar-refractivity contribution in [3.8, 4) is 0 Å². The number of piperazine rings is 1. The predicted molar refractivity (Wildman–Crippen MR) is 122 cm³/mol. The fourth-order valence-corrected chi connectivity index (χ4v) is 4.61. The first-order chi connectivity index (χ1) is 14.3. The first-order valence-electron chi connectivity index (χ1n) is 10.1. The van der Waals surface area contributed by atoms with Crippen LogP contribution in [-0.4, -0.2) is 55.8 Å². The van der Waals surface area contributed by atoms with Crippen LogP contribution in [0.5, 0.6) is 0 Å². The quantitative estimate of drug-likeness (QED) is 0.768. The molecule has 7 heteroatoms. The summed E-state index contributed by atoms with van der Waals surface area (Å²) < 4.78 is 26.7. The van der Waals surface area contributed by atoms with E-state index in [0.29, 0.717) is 26.2 Å². The molecule has 1 N–H and O–H groups in total. The van der Waals surface area contributed by atoms with Gasteiger partial charge in [0.15, 0.2) is 0 Å². The number of amides is 1. The lowest BCUT2D eigenvalue weighted by Crippen LogP contribution is -2.53. The van der Waals surface area contributed by atoms with Crippen LogP contribution in [0.1, 0.15) is 23.6 Å². The largest absolute Gasteiger partial charge is 0.324 e. The van der Waals surface area contributed by atoms with Gasteiger partial charge in [0.25, 0.3) is 0 Å². The van der Waals surface area contributed by atoms with Crippen LogP contribution in [0, 0.1) is 13.8 Å². The van der Waals surface area contributed by atoms with Crippen molar-refractivity contribution >= 4 is 27.7 Å². The lowest BCUT2D eigenvalue weighted by Gasteiger charge is -2.36. The molecule has 0 bridgehead atoms. The van der Waals surface area contributed by atoms with Crippen molar-refractivity contribution in [3.05, 3.63) is 70.6 Å². The molecule has 0 aromatic heterocycles. The molecule has 1 aliphatic rings. The standard InChI is InChI=1S/C23H29N3O3S/c1-18-9-10-19(2)22(17-18)24-23(27)20(3)25-12-14-26(15-13-25)30(28,29)16-11-21-7-5-4-6-8-21/h4-11,16-17,20H,12-15H2,1-3H3,(H,24,27)/b16-11+. The molecule has 0 aliphatic carbocycles. The number of hydrogen-bond acceptors (Lipinski definition) is 4. The number of carbonyl (C=O) groups excluding carboxylic acids is 1. The third-order valence-corrected chi connectivity index (χ3v) is 7.01. The molecule has 0 radical (unpaired) electrons. The summed E-state index contributed by atoms with van der Waals surface area (Å²) in [6.07, 6.45) is 1.61. The molecule has 160 valence electrons. The Morgan fingerprint density at radius 3 is 2.37 bits per heavy atom. The highest BCUT2D eigenvalue weighted by Crippen LogP contribution is 2.18. The van der Waals surface area contributed by atoms with Crippen LogP contribution in [0.2, 0.25) is 0 Å². The minimum absolute atomic E-state index is 0.0796. The van der Waals surface area contributed by atoms with Crippen LogP contribution >= 0.6 is 0 Å². The highest BCUT2D eigenvalue weighted by atomic mass is 32.2. The van der Waals surface area contributed by atoms with Gasteiger partial charge in [0.1, 0.15) is 0 Å². The highest BCUT2D eigenvalue weighted by molar-refractivity contribution is 7.92. The van der Waals surface area contributed by atoms with E-state index in [2.05, 4.69) is 5.32 Å². The Labute approximate surface area is 179 Å². The van der Waals surface area contributed by atoms with Gasteiger partial charge < -0.3 is 5.32 Å². The molecular formula is C23H29N3O3S. The first-order valence-corrected chi connectivity index (χ1v) is 11.6. The molecule has 1 fully saturated rings. The van der Waals surface area contributed by atoms with Crippen LogP contribution in [0.4, 0.5) is 5.69 Å². The van der Waals surface area contributed by atoms with Crippen LogP contribution in [0.15, 0.2) is 53.9 Å². The van der Waals surface area contributed by atoms with Gasteiger partial charge >= 0.3 is 0 Å². The number of aryl methyl sites for hydroxylation is 2. The van der Waals surface area contributed by atoms with E-state index < -0.39 is 10.0 Å². The zero-order valence-corrected chi connectivity index (χ0v) is 18.5. The van der Waals surface area contributed by atoms with Crippen molar-refractivity contribution < 1.29 is 13.2 Å². The molecule has 0 spiro atoms. The molecule has 1 unspecified atom stereocenters. The maximum atomic E-state index is 12.7. The average Bonchev–Trinajstić information content (AvgIpc) is 2.75. The van der Waals surface area contributed by atoms with E-state index in [1.54, 1.807) is 6.08 Å².